The van der Waals surface area contributed by atoms with Crippen molar-refractivity contribution in [2.75, 3.05) is 0 Å². The largest absolute Gasteiger partial charge is 0.481 e. The first kappa shape index (κ1) is 13.7. The van der Waals surface area contributed by atoms with Crippen molar-refractivity contribution in [2.24, 2.45) is 5.92 Å². The highest BCUT2D eigenvalue weighted by molar-refractivity contribution is 6.35. The molecule has 4 heteroatoms. The Labute approximate surface area is 117 Å². The molecule has 1 aromatic rings. The van der Waals surface area contributed by atoms with Crippen molar-refractivity contribution in [1.29, 1.82) is 0 Å². The van der Waals surface area contributed by atoms with Crippen molar-refractivity contribution >= 4 is 29.2 Å². The van der Waals surface area contributed by atoms with Crippen LogP contribution in [0.4, 0.5) is 0 Å². The van der Waals surface area contributed by atoms with Crippen LogP contribution >= 0.6 is 23.2 Å². The standard InChI is InChI=1S/C14H16Cl2O2/c1-3-8-4-10-11(5-8)13(16)9(6-12(10)15)7(2)14(17)18/h6-8H,3-5H2,1-2H3,(H,17,18). The lowest BCUT2D eigenvalue weighted by Crippen LogP contribution is -2.09. The molecule has 0 aliphatic heterocycles. The molecule has 98 valence electrons. The Bertz CT molecular complexity index is 497. The number of carboxylic acid groups (broad SMARTS) is 1. The summed E-state index contributed by atoms with van der Waals surface area (Å²) >= 11 is 12.6. The molecule has 0 saturated carbocycles. The lowest BCUT2D eigenvalue weighted by Gasteiger charge is -2.14. The van der Waals surface area contributed by atoms with Gasteiger partial charge in [-0.15, -0.1) is 0 Å². The van der Waals surface area contributed by atoms with Gasteiger partial charge in [0.2, 0.25) is 0 Å². The van der Waals surface area contributed by atoms with Crippen LogP contribution in [0.3, 0.4) is 0 Å². The Balaban J connectivity index is 2.49. The molecule has 0 spiro atoms. The third-order valence-corrected chi connectivity index (χ3v) is 4.64. The summed E-state index contributed by atoms with van der Waals surface area (Å²) in [5.41, 5.74) is 2.79. The average molecular weight is 287 g/mol. The zero-order valence-corrected chi connectivity index (χ0v) is 12.0. The number of rotatable bonds is 3. The summed E-state index contributed by atoms with van der Waals surface area (Å²) in [4.78, 5) is 11.1. The highest BCUT2D eigenvalue weighted by Crippen LogP contribution is 2.41. The molecular weight excluding hydrogens is 271 g/mol. The molecule has 0 fully saturated rings. The normalized spacial score (nSPS) is 19.7. The van der Waals surface area contributed by atoms with Gasteiger partial charge < -0.3 is 5.11 Å². The van der Waals surface area contributed by atoms with Gasteiger partial charge in [-0.25, -0.2) is 0 Å². The molecule has 0 bridgehead atoms. The van der Waals surface area contributed by atoms with Crippen molar-refractivity contribution in [3.05, 3.63) is 32.8 Å². The third kappa shape index (κ3) is 2.24. The second-order valence-corrected chi connectivity index (χ2v) is 5.75. The minimum Gasteiger partial charge on any atom is -0.481 e. The molecule has 0 saturated heterocycles. The maximum Gasteiger partial charge on any atom is 0.310 e. The van der Waals surface area contributed by atoms with Crippen LogP contribution in [0, 0.1) is 5.92 Å². The second-order valence-electron chi connectivity index (χ2n) is 4.96. The lowest BCUT2D eigenvalue weighted by molar-refractivity contribution is -0.138. The van der Waals surface area contributed by atoms with Crippen molar-refractivity contribution in [2.45, 2.75) is 39.0 Å². The van der Waals surface area contributed by atoms with Gasteiger partial charge >= 0.3 is 5.97 Å². The summed E-state index contributed by atoms with van der Waals surface area (Å²) in [6.45, 7) is 3.79. The number of hydrogen-bond acceptors (Lipinski definition) is 1. The fourth-order valence-corrected chi connectivity index (χ4v) is 3.28. The monoisotopic (exact) mass is 286 g/mol. The summed E-state index contributed by atoms with van der Waals surface area (Å²) in [6.07, 6.45) is 2.95. The zero-order chi connectivity index (χ0) is 13.4. The Hall–Kier alpha value is -0.730. The van der Waals surface area contributed by atoms with E-state index >= 15 is 0 Å². The van der Waals surface area contributed by atoms with E-state index in [1.165, 1.54) is 0 Å². The van der Waals surface area contributed by atoms with Crippen LogP contribution in [-0.4, -0.2) is 11.1 Å². The Morgan fingerprint density at radius 1 is 1.44 bits per heavy atom. The minimum absolute atomic E-state index is 0.574. The summed E-state index contributed by atoms with van der Waals surface area (Å²) in [5.74, 6) is -0.927. The predicted molar refractivity (Wildman–Crippen MR) is 73.7 cm³/mol. The smallest absolute Gasteiger partial charge is 0.310 e. The van der Waals surface area contributed by atoms with Gasteiger partial charge in [0, 0.05) is 10.0 Å². The number of hydrogen-bond donors (Lipinski definition) is 1. The topological polar surface area (TPSA) is 37.3 Å². The highest BCUT2D eigenvalue weighted by atomic mass is 35.5. The van der Waals surface area contributed by atoms with Gasteiger partial charge in [0.05, 0.1) is 5.92 Å². The molecule has 1 aliphatic carbocycles. The maximum absolute atomic E-state index is 11.1. The number of benzene rings is 1. The van der Waals surface area contributed by atoms with Crippen LogP contribution in [0.5, 0.6) is 0 Å². The van der Waals surface area contributed by atoms with E-state index in [1.807, 2.05) is 0 Å². The highest BCUT2D eigenvalue weighted by Gasteiger charge is 2.28. The van der Waals surface area contributed by atoms with Crippen molar-refractivity contribution in [1.82, 2.24) is 0 Å². The molecule has 0 aromatic heterocycles. The predicted octanol–water partition coefficient (Wildman–Crippen LogP) is 4.31. The maximum atomic E-state index is 11.1. The van der Waals surface area contributed by atoms with Crippen LogP contribution in [0.25, 0.3) is 0 Å². The van der Waals surface area contributed by atoms with Crippen LogP contribution < -0.4 is 0 Å². The molecule has 0 amide bonds. The van der Waals surface area contributed by atoms with E-state index in [0.29, 0.717) is 21.5 Å². The number of halogens is 2. The first-order valence-corrected chi connectivity index (χ1v) is 6.93. The van der Waals surface area contributed by atoms with Crippen LogP contribution in [0.2, 0.25) is 10.0 Å². The van der Waals surface area contributed by atoms with E-state index in [1.54, 1.807) is 13.0 Å². The summed E-state index contributed by atoms with van der Waals surface area (Å²) in [6, 6.07) is 1.72. The second kappa shape index (κ2) is 5.10. The Morgan fingerprint density at radius 2 is 2.06 bits per heavy atom. The molecular formula is C14H16Cl2O2. The molecule has 2 nitrogen and oxygen atoms in total. The molecule has 1 aliphatic rings. The third-order valence-electron chi connectivity index (χ3n) is 3.85. The van der Waals surface area contributed by atoms with Crippen molar-refractivity contribution in [3.63, 3.8) is 0 Å². The number of carboxylic acids is 1. The first-order chi connectivity index (χ1) is 8.45. The summed E-state index contributed by atoms with van der Waals surface area (Å²) in [5, 5.41) is 10.4. The van der Waals surface area contributed by atoms with Gasteiger partial charge in [0.25, 0.3) is 0 Å². The zero-order valence-electron chi connectivity index (χ0n) is 10.5. The van der Waals surface area contributed by atoms with Crippen molar-refractivity contribution in [3.8, 4) is 0 Å². The van der Waals surface area contributed by atoms with E-state index in [0.717, 1.165) is 30.4 Å². The average Bonchev–Trinajstić information content (AvgIpc) is 2.77. The van der Waals surface area contributed by atoms with Crippen LogP contribution in [0.1, 0.15) is 42.9 Å². The van der Waals surface area contributed by atoms with Crippen LogP contribution in [0.15, 0.2) is 6.07 Å². The molecule has 18 heavy (non-hydrogen) atoms. The fourth-order valence-electron chi connectivity index (χ4n) is 2.56. The van der Waals surface area contributed by atoms with E-state index in [4.69, 9.17) is 28.3 Å². The van der Waals surface area contributed by atoms with E-state index in [-0.39, 0.29) is 0 Å². The van der Waals surface area contributed by atoms with E-state index < -0.39 is 11.9 Å². The Kier molecular flexibility index (Phi) is 3.88. The van der Waals surface area contributed by atoms with Gasteiger partial charge in [-0.1, -0.05) is 36.5 Å². The van der Waals surface area contributed by atoms with Gasteiger partial charge in [0.1, 0.15) is 0 Å². The molecule has 2 atom stereocenters. The summed E-state index contributed by atoms with van der Waals surface area (Å²) < 4.78 is 0. The lowest BCUT2D eigenvalue weighted by atomic mass is 9.97. The number of carbonyl (C=O) groups is 1. The van der Waals surface area contributed by atoms with Gasteiger partial charge in [-0.3, -0.25) is 4.79 Å². The summed E-state index contributed by atoms with van der Waals surface area (Å²) in [7, 11) is 0. The molecule has 2 rings (SSSR count). The SMILES string of the molecule is CCC1Cc2c(Cl)cc(C(C)C(=O)O)c(Cl)c2C1. The van der Waals surface area contributed by atoms with Gasteiger partial charge in [-0.2, -0.15) is 0 Å². The number of aliphatic carboxylic acids is 1. The minimum atomic E-state index is -0.877. The molecule has 0 heterocycles. The fraction of sp³-hybridized carbons (Fsp3) is 0.500. The number of fused-ring (bicyclic) bond motifs is 1. The molecule has 2 unspecified atom stereocenters. The van der Waals surface area contributed by atoms with E-state index in [9.17, 15) is 4.79 Å². The Morgan fingerprint density at radius 3 is 2.61 bits per heavy atom. The van der Waals surface area contributed by atoms with Gasteiger partial charge in [-0.05, 0) is 48.4 Å². The quantitative estimate of drug-likeness (QED) is 0.899. The van der Waals surface area contributed by atoms with E-state index in [2.05, 4.69) is 6.92 Å². The molecule has 1 N–H and O–H groups in total. The van der Waals surface area contributed by atoms with Crippen LogP contribution in [-0.2, 0) is 17.6 Å². The van der Waals surface area contributed by atoms with Gasteiger partial charge in [0.15, 0.2) is 0 Å². The molecule has 0 radical (unpaired) electrons. The first-order valence-electron chi connectivity index (χ1n) is 6.18. The van der Waals surface area contributed by atoms with Crippen molar-refractivity contribution < 1.29 is 9.90 Å². The molecule has 1 aromatic carbocycles.